The van der Waals surface area contributed by atoms with Crippen LogP contribution in [0.15, 0.2) is 24.3 Å². The summed E-state index contributed by atoms with van der Waals surface area (Å²) in [5, 5.41) is 11.9. The third-order valence-corrected chi connectivity index (χ3v) is 3.43. The average molecular weight is 271 g/mol. The highest BCUT2D eigenvalue weighted by molar-refractivity contribution is 5.85. The molecule has 2 N–H and O–H groups in total. The molecule has 0 aliphatic heterocycles. The monoisotopic (exact) mass is 271 g/mol. The quantitative estimate of drug-likeness (QED) is 0.647. The van der Waals surface area contributed by atoms with E-state index in [9.17, 15) is 14.7 Å². The molecule has 104 valence electrons. The van der Waals surface area contributed by atoms with Crippen LogP contribution in [0.25, 0.3) is 0 Å². The van der Waals surface area contributed by atoms with Crippen LogP contribution in [0.4, 0.5) is 0 Å². The maximum absolute atomic E-state index is 11.3. The summed E-state index contributed by atoms with van der Waals surface area (Å²) in [4.78, 5) is 22.0. The molecule has 1 aromatic rings. The fourth-order valence-corrected chi connectivity index (χ4v) is 2.11. The van der Waals surface area contributed by atoms with Gasteiger partial charge in [-0.2, -0.15) is 0 Å². The zero-order chi connectivity index (χ0) is 14.6. The number of aliphatic carboxylic acids is 1. The van der Waals surface area contributed by atoms with Crippen molar-refractivity contribution in [3.05, 3.63) is 35.4 Å². The number of carboxylic acid groups (broad SMARTS) is 1. The highest BCUT2D eigenvalue weighted by atomic mass is 16.4. The third kappa shape index (κ3) is 3.18. The summed E-state index contributed by atoms with van der Waals surface area (Å²) in [5.41, 5.74) is 0.963. The molecule has 4 nitrogen and oxygen atoms in total. The van der Waals surface area contributed by atoms with E-state index in [0.29, 0.717) is 25.8 Å². The fourth-order valence-electron chi connectivity index (χ4n) is 2.11. The number of hydrogen-bond donors (Lipinski definition) is 2. The smallest absolute Gasteiger partial charge is 0.314 e. The lowest BCUT2D eigenvalue weighted by atomic mass is 9.94. The summed E-state index contributed by atoms with van der Waals surface area (Å²) in [5.74, 6) is 5.16. The Kier molecular flexibility index (Phi) is 4.09. The molecular formula is C16H17NO3. The molecular weight excluding hydrogens is 254 g/mol. The van der Waals surface area contributed by atoms with Crippen molar-refractivity contribution in [2.75, 3.05) is 6.54 Å². The number of benzene rings is 1. The topological polar surface area (TPSA) is 66.4 Å². The average Bonchev–Trinajstić information content (AvgIpc) is 3.20. The van der Waals surface area contributed by atoms with Crippen LogP contribution in [0.2, 0.25) is 0 Å². The van der Waals surface area contributed by atoms with Crippen LogP contribution in [0.5, 0.6) is 0 Å². The van der Waals surface area contributed by atoms with Crippen LogP contribution in [0.3, 0.4) is 0 Å². The minimum absolute atomic E-state index is 0.0640. The van der Waals surface area contributed by atoms with E-state index in [4.69, 9.17) is 0 Å². The minimum Gasteiger partial charge on any atom is -0.481 e. The Hall–Kier alpha value is -2.28. The Balaban J connectivity index is 2.02. The number of rotatable bonds is 4. The van der Waals surface area contributed by atoms with Gasteiger partial charge in [-0.15, -0.1) is 0 Å². The van der Waals surface area contributed by atoms with E-state index in [2.05, 4.69) is 17.2 Å². The molecule has 0 saturated heterocycles. The predicted molar refractivity (Wildman–Crippen MR) is 75.2 cm³/mol. The summed E-state index contributed by atoms with van der Waals surface area (Å²) in [6.45, 7) is 2.00. The number of nitrogens with one attached hydrogen (secondary N) is 1. The lowest BCUT2D eigenvalue weighted by Gasteiger charge is -2.09. The van der Waals surface area contributed by atoms with E-state index < -0.39 is 11.4 Å². The van der Waals surface area contributed by atoms with Crippen molar-refractivity contribution in [2.24, 2.45) is 0 Å². The van der Waals surface area contributed by atoms with Gasteiger partial charge in [-0.1, -0.05) is 24.0 Å². The highest BCUT2D eigenvalue weighted by Crippen LogP contribution is 2.48. The molecule has 0 atom stereocenters. The Morgan fingerprint density at radius 2 is 2.15 bits per heavy atom. The van der Waals surface area contributed by atoms with E-state index in [1.54, 1.807) is 0 Å². The van der Waals surface area contributed by atoms with Gasteiger partial charge in [-0.05, 0) is 30.5 Å². The van der Waals surface area contributed by atoms with Crippen LogP contribution < -0.4 is 5.32 Å². The first kappa shape index (κ1) is 14.1. The van der Waals surface area contributed by atoms with Crippen molar-refractivity contribution in [2.45, 2.75) is 31.6 Å². The van der Waals surface area contributed by atoms with Gasteiger partial charge in [0.2, 0.25) is 5.91 Å². The maximum Gasteiger partial charge on any atom is 0.314 e. The molecule has 1 aliphatic rings. The van der Waals surface area contributed by atoms with Gasteiger partial charge < -0.3 is 10.4 Å². The summed E-state index contributed by atoms with van der Waals surface area (Å²) in [6, 6.07) is 7.42. The van der Waals surface area contributed by atoms with Crippen molar-refractivity contribution in [1.29, 1.82) is 0 Å². The number of carbonyl (C=O) groups excluding carboxylic acids is 1. The maximum atomic E-state index is 11.3. The van der Waals surface area contributed by atoms with Crippen LogP contribution in [-0.2, 0) is 15.0 Å². The van der Waals surface area contributed by atoms with Gasteiger partial charge in [0.1, 0.15) is 0 Å². The Bertz CT molecular complexity index is 591. The molecule has 20 heavy (non-hydrogen) atoms. The van der Waals surface area contributed by atoms with E-state index in [1.165, 1.54) is 6.92 Å². The van der Waals surface area contributed by atoms with E-state index >= 15 is 0 Å². The number of carbonyl (C=O) groups is 2. The lowest BCUT2D eigenvalue weighted by Crippen LogP contribution is -2.20. The normalized spacial score (nSPS) is 14.8. The number of hydrogen-bond acceptors (Lipinski definition) is 2. The Morgan fingerprint density at radius 3 is 2.75 bits per heavy atom. The standard InChI is InChI=1S/C16H17NO3/c1-12(18)17-10-3-2-5-13-6-4-7-14(11-13)16(8-9-16)15(19)20/h4,6-7,11H,3,8-10H2,1H3,(H,17,18)(H,19,20). The zero-order valence-corrected chi connectivity index (χ0v) is 11.4. The first-order valence-electron chi connectivity index (χ1n) is 6.62. The van der Waals surface area contributed by atoms with Crippen molar-refractivity contribution < 1.29 is 14.7 Å². The molecule has 1 amide bonds. The second kappa shape index (κ2) is 5.79. The highest BCUT2D eigenvalue weighted by Gasteiger charge is 2.51. The molecule has 0 bridgehead atoms. The molecule has 0 aromatic heterocycles. The number of carboxylic acids is 1. The van der Waals surface area contributed by atoms with Crippen LogP contribution in [0, 0.1) is 11.8 Å². The van der Waals surface area contributed by atoms with E-state index in [1.807, 2.05) is 24.3 Å². The van der Waals surface area contributed by atoms with Crippen LogP contribution in [0.1, 0.15) is 37.3 Å². The number of amides is 1. The van der Waals surface area contributed by atoms with Crippen molar-refractivity contribution in [3.8, 4) is 11.8 Å². The van der Waals surface area contributed by atoms with Crippen molar-refractivity contribution >= 4 is 11.9 Å². The first-order chi connectivity index (χ1) is 9.54. The van der Waals surface area contributed by atoms with Crippen molar-refractivity contribution in [3.63, 3.8) is 0 Å². The molecule has 0 spiro atoms. The van der Waals surface area contributed by atoms with Gasteiger partial charge in [0.15, 0.2) is 0 Å². The SMILES string of the molecule is CC(=O)NCCC#Cc1cccc(C2(C(=O)O)CC2)c1. The Labute approximate surface area is 118 Å². The van der Waals surface area contributed by atoms with Crippen LogP contribution >= 0.6 is 0 Å². The van der Waals surface area contributed by atoms with Gasteiger partial charge in [-0.25, -0.2) is 0 Å². The van der Waals surface area contributed by atoms with Gasteiger partial charge in [0.05, 0.1) is 5.41 Å². The zero-order valence-electron chi connectivity index (χ0n) is 11.4. The fraction of sp³-hybridized carbons (Fsp3) is 0.375. The summed E-state index contributed by atoms with van der Waals surface area (Å²) in [6.07, 6.45) is 1.97. The summed E-state index contributed by atoms with van der Waals surface area (Å²) in [7, 11) is 0. The second-order valence-electron chi connectivity index (χ2n) is 5.00. The first-order valence-corrected chi connectivity index (χ1v) is 6.62. The van der Waals surface area contributed by atoms with Crippen LogP contribution in [-0.4, -0.2) is 23.5 Å². The molecule has 0 heterocycles. The molecule has 0 unspecified atom stereocenters. The minimum atomic E-state index is -0.756. The molecule has 1 aliphatic carbocycles. The van der Waals surface area contributed by atoms with Gasteiger partial charge >= 0.3 is 5.97 Å². The second-order valence-corrected chi connectivity index (χ2v) is 5.00. The molecule has 1 saturated carbocycles. The van der Waals surface area contributed by atoms with E-state index in [0.717, 1.165) is 11.1 Å². The largest absolute Gasteiger partial charge is 0.481 e. The molecule has 2 rings (SSSR count). The summed E-state index contributed by atoms with van der Waals surface area (Å²) < 4.78 is 0. The molecule has 1 fully saturated rings. The third-order valence-electron chi connectivity index (χ3n) is 3.43. The Morgan fingerprint density at radius 1 is 1.40 bits per heavy atom. The molecule has 4 heteroatoms. The van der Waals surface area contributed by atoms with Gasteiger partial charge in [0.25, 0.3) is 0 Å². The molecule has 0 radical (unpaired) electrons. The van der Waals surface area contributed by atoms with Gasteiger partial charge in [-0.3, -0.25) is 9.59 Å². The van der Waals surface area contributed by atoms with E-state index in [-0.39, 0.29) is 5.91 Å². The van der Waals surface area contributed by atoms with Crippen molar-refractivity contribution in [1.82, 2.24) is 5.32 Å². The lowest BCUT2D eigenvalue weighted by molar-refractivity contribution is -0.140. The summed E-state index contributed by atoms with van der Waals surface area (Å²) >= 11 is 0. The molecule has 1 aromatic carbocycles. The predicted octanol–water partition coefficient (Wildman–Crippen LogP) is 1.68. The van der Waals surface area contributed by atoms with Gasteiger partial charge in [0, 0.05) is 25.5 Å².